The Hall–Kier alpha value is -0.120. The minimum Gasteiger partial charge on any atom is -0.368 e. The van der Waals surface area contributed by atoms with E-state index in [9.17, 15) is 0 Å². The van der Waals surface area contributed by atoms with Crippen LogP contribution in [0.15, 0.2) is 0 Å². The van der Waals surface area contributed by atoms with Crippen LogP contribution >= 0.6 is 0 Å². The monoisotopic (exact) mass is 133 g/mol. The maximum absolute atomic E-state index is 8.82. The Balaban J connectivity index is 2.88. The van der Waals surface area contributed by atoms with Gasteiger partial charge in [0.2, 0.25) is 0 Å². The van der Waals surface area contributed by atoms with Crippen molar-refractivity contribution in [2.75, 3.05) is 13.2 Å². The summed E-state index contributed by atoms with van der Waals surface area (Å²) in [6.07, 6.45) is 0.860. The number of rotatable bonds is 5. The number of hydrogen-bond donors (Lipinski definition) is 2. The molecule has 1 atom stereocenters. The van der Waals surface area contributed by atoms with Crippen molar-refractivity contribution in [3.8, 4) is 0 Å². The molecule has 0 amide bonds. The molecule has 3 nitrogen and oxygen atoms in total. The van der Waals surface area contributed by atoms with Crippen LogP contribution in [0, 0.1) is 0 Å². The number of ether oxygens (including phenoxy) is 1. The molecule has 0 aliphatic carbocycles. The van der Waals surface area contributed by atoms with E-state index in [0.717, 1.165) is 6.42 Å². The minimum atomic E-state index is -0.600. The molecule has 0 spiro atoms. The molecular weight excluding hydrogens is 118 g/mol. The standard InChI is InChI=1S/C6H15NO2/c1-2-6(8)9-5-3-4-7/h6,8H,2-5,7H2,1H3. The summed E-state index contributed by atoms with van der Waals surface area (Å²) < 4.78 is 4.91. The first-order valence-corrected chi connectivity index (χ1v) is 3.31. The van der Waals surface area contributed by atoms with Gasteiger partial charge in [0.1, 0.15) is 0 Å². The molecule has 0 saturated carbocycles. The molecule has 0 aliphatic heterocycles. The molecule has 0 bridgehead atoms. The normalized spacial score (nSPS) is 13.7. The van der Waals surface area contributed by atoms with Gasteiger partial charge in [0.25, 0.3) is 0 Å². The van der Waals surface area contributed by atoms with Gasteiger partial charge in [-0.3, -0.25) is 0 Å². The third kappa shape index (κ3) is 5.76. The fraction of sp³-hybridized carbons (Fsp3) is 1.00. The predicted octanol–water partition coefficient (Wildman–Crippen LogP) is 0.0802. The van der Waals surface area contributed by atoms with Gasteiger partial charge >= 0.3 is 0 Å². The lowest BCUT2D eigenvalue weighted by molar-refractivity contribution is -0.1000. The van der Waals surface area contributed by atoms with E-state index in [4.69, 9.17) is 15.6 Å². The highest BCUT2D eigenvalue weighted by atomic mass is 16.6. The van der Waals surface area contributed by atoms with Crippen LogP contribution in [0.3, 0.4) is 0 Å². The quantitative estimate of drug-likeness (QED) is 0.412. The van der Waals surface area contributed by atoms with E-state index in [1.54, 1.807) is 0 Å². The van der Waals surface area contributed by atoms with Crippen molar-refractivity contribution in [3.63, 3.8) is 0 Å². The lowest BCUT2D eigenvalue weighted by Crippen LogP contribution is -2.13. The third-order valence-electron chi connectivity index (χ3n) is 1.01. The van der Waals surface area contributed by atoms with Crippen molar-refractivity contribution in [1.29, 1.82) is 0 Å². The average Bonchev–Trinajstić information content (AvgIpc) is 1.89. The molecule has 3 N–H and O–H groups in total. The molecule has 3 heteroatoms. The maximum Gasteiger partial charge on any atom is 0.154 e. The van der Waals surface area contributed by atoms with Crippen LogP contribution < -0.4 is 5.73 Å². The summed E-state index contributed by atoms with van der Waals surface area (Å²) in [5.41, 5.74) is 5.19. The van der Waals surface area contributed by atoms with Crippen molar-refractivity contribution in [1.82, 2.24) is 0 Å². The summed E-state index contributed by atoms with van der Waals surface area (Å²) in [5, 5.41) is 8.82. The molecular formula is C6H15NO2. The zero-order valence-corrected chi connectivity index (χ0v) is 5.84. The summed E-state index contributed by atoms with van der Waals surface area (Å²) >= 11 is 0. The Bertz CT molecular complexity index is 59.0. The molecule has 0 fully saturated rings. The summed E-state index contributed by atoms with van der Waals surface area (Å²) in [6, 6.07) is 0. The van der Waals surface area contributed by atoms with Crippen LogP contribution in [-0.2, 0) is 4.74 Å². The first-order valence-electron chi connectivity index (χ1n) is 3.31. The van der Waals surface area contributed by atoms with Crippen LogP contribution in [0.1, 0.15) is 19.8 Å². The maximum atomic E-state index is 8.82. The molecule has 0 aromatic rings. The largest absolute Gasteiger partial charge is 0.368 e. The second-order valence-corrected chi connectivity index (χ2v) is 1.88. The zero-order chi connectivity index (χ0) is 7.11. The number of hydrogen-bond acceptors (Lipinski definition) is 3. The Kier molecular flexibility index (Phi) is 5.93. The van der Waals surface area contributed by atoms with Gasteiger partial charge in [-0.05, 0) is 19.4 Å². The van der Waals surface area contributed by atoms with Crippen LogP contribution in [-0.4, -0.2) is 24.5 Å². The van der Waals surface area contributed by atoms with Gasteiger partial charge in [-0.15, -0.1) is 0 Å². The molecule has 0 rings (SSSR count). The first kappa shape index (κ1) is 8.88. The second kappa shape index (κ2) is 6.01. The van der Waals surface area contributed by atoms with Gasteiger partial charge < -0.3 is 15.6 Å². The number of aliphatic hydroxyl groups excluding tert-OH is 1. The number of aliphatic hydroxyl groups is 1. The molecule has 0 aromatic carbocycles. The van der Waals surface area contributed by atoms with Crippen molar-refractivity contribution in [2.24, 2.45) is 5.73 Å². The molecule has 0 radical (unpaired) electrons. The fourth-order valence-corrected chi connectivity index (χ4v) is 0.421. The van der Waals surface area contributed by atoms with Crippen molar-refractivity contribution < 1.29 is 9.84 Å². The van der Waals surface area contributed by atoms with Crippen LogP contribution in [0.25, 0.3) is 0 Å². The van der Waals surface area contributed by atoms with Gasteiger partial charge in [0.15, 0.2) is 6.29 Å². The van der Waals surface area contributed by atoms with E-state index >= 15 is 0 Å². The van der Waals surface area contributed by atoms with E-state index in [2.05, 4.69) is 0 Å². The first-order chi connectivity index (χ1) is 4.31. The number of nitrogens with two attached hydrogens (primary N) is 1. The molecule has 56 valence electrons. The smallest absolute Gasteiger partial charge is 0.154 e. The fourth-order valence-electron chi connectivity index (χ4n) is 0.421. The van der Waals surface area contributed by atoms with Gasteiger partial charge in [0, 0.05) is 0 Å². The van der Waals surface area contributed by atoms with E-state index in [1.165, 1.54) is 0 Å². The summed E-state index contributed by atoms with van der Waals surface area (Å²) in [4.78, 5) is 0. The molecule has 0 saturated heterocycles. The van der Waals surface area contributed by atoms with Crippen LogP contribution in [0.2, 0.25) is 0 Å². The van der Waals surface area contributed by atoms with Crippen LogP contribution in [0.5, 0.6) is 0 Å². The third-order valence-corrected chi connectivity index (χ3v) is 1.01. The lowest BCUT2D eigenvalue weighted by Gasteiger charge is -2.07. The van der Waals surface area contributed by atoms with Gasteiger partial charge in [-0.1, -0.05) is 6.92 Å². The van der Waals surface area contributed by atoms with Crippen LogP contribution in [0.4, 0.5) is 0 Å². The molecule has 1 unspecified atom stereocenters. The highest BCUT2D eigenvalue weighted by molar-refractivity contribution is 4.38. The predicted molar refractivity (Wildman–Crippen MR) is 35.9 cm³/mol. The van der Waals surface area contributed by atoms with Gasteiger partial charge in [0.05, 0.1) is 6.61 Å². The molecule has 0 heterocycles. The lowest BCUT2D eigenvalue weighted by atomic mass is 10.4. The summed E-state index contributed by atoms with van der Waals surface area (Å²) in [7, 11) is 0. The topological polar surface area (TPSA) is 55.5 Å². The van der Waals surface area contributed by atoms with Crippen molar-refractivity contribution >= 4 is 0 Å². The Morgan fingerprint density at radius 2 is 2.33 bits per heavy atom. The molecule has 0 aliphatic rings. The summed E-state index contributed by atoms with van der Waals surface area (Å²) in [5.74, 6) is 0. The molecule has 0 aromatic heterocycles. The minimum absolute atomic E-state index is 0.561. The van der Waals surface area contributed by atoms with E-state index in [0.29, 0.717) is 19.6 Å². The Morgan fingerprint density at radius 1 is 1.67 bits per heavy atom. The van der Waals surface area contributed by atoms with Crippen molar-refractivity contribution in [2.45, 2.75) is 26.1 Å². The van der Waals surface area contributed by atoms with E-state index in [-0.39, 0.29) is 0 Å². The highest BCUT2D eigenvalue weighted by Gasteiger charge is 1.96. The summed E-state index contributed by atoms with van der Waals surface area (Å²) in [6.45, 7) is 3.05. The van der Waals surface area contributed by atoms with E-state index in [1.807, 2.05) is 6.92 Å². The second-order valence-electron chi connectivity index (χ2n) is 1.88. The average molecular weight is 133 g/mol. The zero-order valence-electron chi connectivity index (χ0n) is 5.84. The van der Waals surface area contributed by atoms with Crippen molar-refractivity contribution in [3.05, 3.63) is 0 Å². The molecule has 9 heavy (non-hydrogen) atoms. The Morgan fingerprint density at radius 3 is 2.78 bits per heavy atom. The SMILES string of the molecule is CCC(O)OCCCN. The van der Waals surface area contributed by atoms with Gasteiger partial charge in [-0.25, -0.2) is 0 Å². The highest BCUT2D eigenvalue weighted by Crippen LogP contribution is 1.92. The van der Waals surface area contributed by atoms with Gasteiger partial charge in [-0.2, -0.15) is 0 Å². The van der Waals surface area contributed by atoms with E-state index < -0.39 is 6.29 Å². The Labute approximate surface area is 55.8 Å².